The van der Waals surface area contributed by atoms with Crippen molar-refractivity contribution in [2.45, 2.75) is 25.7 Å². The van der Waals surface area contributed by atoms with E-state index in [9.17, 15) is 4.89 Å². The van der Waals surface area contributed by atoms with Gasteiger partial charge in [0.2, 0.25) is 0 Å². The van der Waals surface area contributed by atoms with E-state index in [2.05, 4.69) is 50.7 Å². The molecule has 41 heavy (non-hydrogen) atoms. The number of rotatable bonds is 7. The zero-order valence-corrected chi connectivity index (χ0v) is 25.5. The second kappa shape index (κ2) is 11.1. The number of fused-ring (bicyclic) bond motifs is 1. The third kappa shape index (κ3) is 5.85. The number of H-pyrrole nitrogens is 1. The van der Waals surface area contributed by atoms with E-state index in [-0.39, 0.29) is 0 Å². The predicted molar refractivity (Wildman–Crippen MR) is 173 cm³/mol. The van der Waals surface area contributed by atoms with Gasteiger partial charge < -0.3 is 4.90 Å². The SMILES string of the molecule is COc1cc(N2CCC3(CCN(C)CC3)CC2)ccc1Nc1nc(Nc2ccccc2[PH](C)(C)O)c2cc[nH]c2n1. The first-order chi connectivity index (χ1) is 19.7. The minimum absolute atomic E-state index is 0.452. The Morgan fingerprint density at radius 3 is 2.39 bits per heavy atom. The first-order valence-corrected chi connectivity index (χ1v) is 17.5. The summed E-state index contributed by atoms with van der Waals surface area (Å²) in [5.74, 6) is 1.87. The number of nitrogens with one attached hydrogen (secondary N) is 3. The van der Waals surface area contributed by atoms with Gasteiger partial charge in [-0.1, -0.05) is 0 Å². The van der Waals surface area contributed by atoms with Crippen molar-refractivity contribution in [3.8, 4) is 5.75 Å². The first kappa shape index (κ1) is 27.8. The molecular formula is C31H42N7O2P. The quantitative estimate of drug-likeness (QED) is 0.220. The Morgan fingerprint density at radius 1 is 0.927 bits per heavy atom. The van der Waals surface area contributed by atoms with Crippen LogP contribution in [0, 0.1) is 5.41 Å². The molecule has 2 fully saturated rings. The van der Waals surface area contributed by atoms with E-state index in [1.807, 2.05) is 49.9 Å². The number of para-hydroxylation sites is 1. The van der Waals surface area contributed by atoms with Crippen LogP contribution >= 0.6 is 7.49 Å². The van der Waals surface area contributed by atoms with Gasteiger partial charge in [-0.25, -0.2) is 0 Å². The van der Waals surface area contributed by atoms with Crippen molar-refractivity contribution in [2.24, 2.45) is 5.41 Å². The molecule has 218 valence electrons. The summed E-state index contributed by atoms with van der Waals surface area (Å²) in [6, 6.07) is 16.2. The van der Waals surface area contributed by atoms with Gasteiger partial charge in [0.15, 0.2) is 0 Å². The van der Waals surface area contributed by atoms with Crippen molar-refractivity contribution in [3.05, 3.63) is 54.7 Å². The Labute approximate surface area is 242 Å². The number of hydrogen-bond acceptors (Lipinski definition) is 8. The predicted octanol–water partition coefficient (Wildman–Crippen LogP) is 5.31. The van der Waals surface area contributed by atoms with E-state index in [0.717, 1.165) is 46.6 Å². The number of anilines is 5. The van der Waals surface area contributed by atoms with Crippen molar-refractivity contribution < 1.29 is 9.63 Å². The van der Waals surface area contributed by atoms with Crippen LogP contribution < -0.4 is 25.6 Å². The van der Waals surface area contributed by atoms with Crippen molar-refractivity contribution in [1.82, 2.24) is 19.9 Å². The second-order valence-corrected chi connectivity index (χ2v) is 15.8. The average molecular weight is 576 g/mol. The first-order valence-electron chi connectivity index (χ1n) is 14.6. The molecule has 2 aromatic heterocycles. The number of aromatic amines is 1. The molecule has 9 nitrogen and oxygen atoms in total. The Kier molecular flexibility index (Phi) is 7.53. The van der Waals surface area contributed by atoms with E-state index >= 15 is 0 Å². The van der Waals surface area contributed by atoms with Gasteiger partial charge in [-0.15, -0.1) is 0 Å². The van der Waals surface area contributed by atoms with Gasteiger partial charge in [-0.05, 0) is 51.2 Å². The van der Waals surface area contributed by atoms with Gasteiger partial charge in [0, 0.05) is 13.1 Å². The monoisotopic (exact) mass is 575 g/mol. The molecule has 4 N–H and O–H groups in total. The average Bonchev–Trinajstić information content (AvgIpc) is 3.44. The minimum atomic E-state index is -2.56. The van der Waals surface area contributed by atoms with Gasteiger partial charge >= 0.3 is 174 Å². The van der Waals surface area contributed by atoms with E-state index < -0.39 is 7.49 Å². The van der Waals surface area contributed by atoms with Crippen LogP contribution in [0.25, 0.3) is 11.0 Å². The molecule has 4 aromatic rings. The summed E-state index contributed by atoms with van der Waals surface area (Å²) in [6.07, 6.45) is 6.99. The summed E-state index contributed by atoms with van der Waals surface area (Å²) in [4.78, 5) is 28.6. The molecule has 1 spiro atoms. The van der Waals surface area contributed by atoms with E-state index in [1.165, 1.54) is 44.5 Å². The van der Waals surface area contributed by atoms with Gasteiger partial charge in [0.1, 0.15) is 0 Å². The summed E-state index contributed by atoms with van der Waals surface area (Å²) >= 11 is 0. The van der Waals surface area contributed by atoms with Crippen LogP contribution in [0.15, 0.2) is 54.7 Å². The third-order valence-corrected chi connectivity index (χ3v) is 10.7. The van der Waals surface area contributed by atoms with Crippen molar-refractivity contribution >= 4 is 52.7 Å². The van der Waals surface area contributed by atoms with E-state index in [4.69, 9.17) is 14.7 Å². The molecule has 0 amide bonds. The van der Waals surface area contributed by atoms with E-state index in [0.29, 0.717) is 17.2 Å². The fraction of sp³-hybridized carbons (Fsp3) is 0.419. The Hall–Kier alpha value is -3.39. The number of piperidine rings is 2. The third-order valence-electron chi connectivity index (χ3n) is 8.92. The molecule has 6 rings (SSSR count). The number of benzene rings is 2. The molecule has 2 aliphatic heterocycles. The Bertz CT molecular complexity index is 1510. The molecular weight excluding hydrogens is 533 g/mol. The summed E-state index contributed by atoms with van der Waals surface area (Å²) < 4.78 is 5.83. The molecule has 0 aliphatic carbocycles. The Balaban J connectivity index is 1.22. The molecule has 0 radical (unpaired) electrons. The topological polar surface area (TPSA) is 102 Å². The summed E-state index contributed by atoms with van der Waals surface area (Å²) in [5.41, 5.74) is 4.08. The van der Waals surface area contributed by atoms with E-state index in [1.54, 1.807) is 7.11 Å². The van der Waals surface area contributed by atoms with Crippen molar-refractivity contribution in [2.75, 3.05) is 69.2 Å². The molecule has 0 atom stereocenters. The van der Waals surface area contributed by atoms with Crippen LogP contribution in [0.3, 0.4) is 0 Å². The van der Waals surface area contributed by atoms with Crippen molar-refractivity contribution in [1.29, 1.82) is 0 Å². The fourth-order valence-electron chi connectivity index (χ4n) is 6.28. The van der Waals surface area contributed by atoms with Crippen molar-refractivity contribution in [3.63, 3.8) is 0 Å². The van der Waals surface area contributed by atoms with Gasteiger partial charge in [-0.3, -0.25) is 0 Å². The summed E-state index contributed by atoms with van der Waals surface area (Å²) in [7, 11) is 1.38. The van der Waals surface area contributed by atoms with Crippen LogP contribution in [0.5, 0.6) is 5.75 Å². The fourth-order valence-corrected chi connectivity index (χ4v) is 7.59. The maximum absolute atomic E-state index is 10.8. The molecule has 10 heteroatoms. The maximum atomic E-state index is 10.8. The molecule has 2 aliphatic rings. The zero-order chi connectivity index (χ0) is 28.6. The zero-order valence-electron chi connectivity index (χ0n) is 24.5. The number of methoxy groups -OCH3 is 1. The van der Waals surface area contributed by atoms with Gasteiger partial charge in [0.25, 0.3) is 0 Å². The second-order valence-electron chi connectivity index (χ2n) is 12.2. The molecule has 2 saturated heterocycles. The normalized spacial score (nSPS) is 18.0. The molecule has 2 aromatic carbocycles. The van der Waals surface area contributed by atoms with Crippen LogP contribution in [0.1, 0.15) is 25.7 Å². The molecule has 4 heterocycles. The molecule has 0 saturated carbocycles. The van der Waals surface area contributed by atoms with Crippen LogP contribution in [0.2, 0.25) is 0 Å². The van der Waals surface area contributed by atoms with Gasteiger partial charge in [-0.2, -0.15) is 0 Å². The number of likely N-dealkylation sites (tertiary alicyclic amines) is 1. The van der Waals surface area contributed by atoms with Crippen LogP contribution in [-0.4, -0.2) is 78.4 Å². The number of ether oxygens (including phenoxy) is 1. The molecule has 0 bridgehead atoms. The Morgan fingerprint density at radius 2 is 1.66 bits per heavy atom. The standard InChI is InChI=1S/C31H42N7O2P/c1-37-17-12-31(13-18-37)14-19-38(20-15-31)22-9-10-24(26(21-22)40-2)34-30-35-28-23(11-16-32-28)29(36-30)33-25-7-5-6-8-27(25)41(3,4)39/h5-11,16,21,39,41H,12-15,17-20H2,1-4H3,(H3,32,33,34,35,36). The van der Waals surface area contributed by atoms with Gasteiger partial charge in [0.05, 0.1) is 0 Å². The summed E-state index contributed by atoms with van der Waals surface area (Å²) in [5, 5.41) is 8.65. The van der Waals surface area contributed by atoms with Crippen LogP contribution in [-0.2, 0) is 0 Å². The molecule has 0 unspecified atom stereocenters. The number of aromatic nitrogens is 3. The number of hydrogen-bond donors (Lipinski definition) is 4. The van der Waals surface area contributed by atoms with Crippen LogP contribution in [0.4, 0.5) is 28.8 Å². The number of nitrogens with zero attached hydrogens (tertiary/aromatic N) is 4. The summed E-state index contributed by atoms with van der Waals surface area (Å²) in [6.45, 7) is 8.43.